The summed E-state index contributed by atoms with van der Waals surface area (Å²) in [5.41, 5.74) is 0.982. The summed E-state index contributed by atoms with van der Waals surface area (Å²) < 4.78 is 36.9. The van der Waals surface area contributed by atoms with Gasteiger partial charge in [-0.15, -0.1) is 0 Å². The van der Waals surface area contributed by atoms with Crippen molar-refractivity contribution in [1.29, 1.82) is 0 Å². The fourth-order valence-corrected chi connectivity index (χ4v) is 3.87. The minimum Gasteiger partial charge on any atom is -0.492 e. The Morgan fingerprint density at radius 1 is 1.22 bits per heavy atom. The van der Waals surface area contributed by atoms with Gasteiger partial charge in [0.05, 0.1) is 24.2 Å². The van der Waals surface area contributed by atoms with E-state index in [9.17, 15) is 13.2 Å². The molecule has 0 fully saturated rings. The number of nitrogens with zero attached hydrogens (tertiary/aromatic N) is 1. The van der Waals surface area contributed by atoms with Crippen LogP contribution in [0.5, 0.6) is 11.5 Å². The quantitative estimate of drug-likeness (QED) is 0.848. The molecule has 0 aromatic heterocycles. The number of hydrogen-bond donors (Lipinski definition) is 1. The Kier molecular flexibility index (Phi) is 5.55. The van der Waals surface area contributed by atoms with E-state index in [0.717, 1.165) is 6.26 Å². The average Bonchev–Trinajstić information content (AvgIpc) is 2.83. The van der Waals surface area contributed by atoms with Crippen molar-refractivity contribution in [2.75, 3.05) is 29.0 Å². The topological polar surface area (TPSA) is 84.9 Å². The Labute approximate surface area is 158 Å². The number of ether oxygens (including phenoxy) is 2. The van der Waals surface area contributed by atoms with Gasteiger partial charge in [-0.3, -0.25) is 9.10 Å². The van der Waals surface area contributed by atoms with Crippen molar-refractivity contribution in [2.45, 2.75) is 19.4 Å². The number of fused-ring (bicyclic) bond motifs is 1. The molecule has 8 heteroatoms. The van der Waals surface area contributed by atoms with Gasteiger partial charge in [-0.1, -0.05) is 24.3 Å². The first-order valence-corrected chi connectivity index (χ1v) is 10.5. The highest BCUT2D eigenvalue weighted by atomic mass is 32.2. The number of hydrogen-bond acceptors (Lipinski definition) is 5. The number of para-hydroxylation sites is 4. The Bertz CT molecular complexity index is 929. The van der Waals surface area contributed by atoms with E-state index in [-0.39, 0.29) is 18.9 Å². The maximum absolute atomic E-state index is 12.8. The molecule has 27 heavy (non-hydrogen) atoms. The van der Waals surface area contributed by atoms with E-state index in [0.29, 0.717) is 29.5 Å². The maximum Gasteiger partial charge on any atom is 0.265 e. The number of rotatable bonds is 5. The van der Waals surface area contributed by atoms with Crippen LogP contribution in [0.2, 0.25) is 0 Å². The maximum atomic E-state index is 12.8. The van der Waals surface area contributed by atoms with Crippen molar-refractivity contribution in [1.82, 2.24) is 0 Å². The van der Waals surface area contributed by atoms with Crippen molar-refractivity contribution < 1.29 is 22.7 Å². The third-order valence-corrected chi connectivity index (χ3v) is 5.32. The van der Waals surface area contributed by atoms with Gasteiger partial charge in [-0.25, -0.2) is 8.42 Å². The van der Waals surface area contributed by atoms with E-state index in [1.807, 2.05) is 13.0 Å². The van der Waals surface area contributed by atoms with Gasteiger partial charge >= 0.3 is 0 Å². The van der Waals surface area contributed by atoms with Crippen LogP contribution >= 0.6 is 0 Å². The van der Waals surface area contributed by atoms with Gasteiger partial charge in [0.1, 0.15) is 11.5 Å². The zero-order valence-corrected chi connectivity index (χ0v) is 16.0. The number of nitrogens with one attached hydrogen (secondary N) is 1. The van der Waals surface area contributed by atoms with Gasteiger partial charge in [-0.05, 0) is 31.2 Å². The van der Waals surface area contributed by atoms with Crippen molar-refractivity contribution >= 4 is 27.3 Å². The second kappa shape index (κ2) is 7.87. The molecule has 1 heterocycles. The van der Waals surface area contributed by atoms with Crippen LogP contribution in [-0.4, -0.2) is 39.8 Å². The normalized spacial score (nSPS) is 16.7. The van der Waals surface area contributed by atoms with Crippen LogP contribution in [0.3, 0.4) is 0 Å². The van der Waals surface area contributed by atoms with Crippen molar-refractivity contribution in [3.63, 3.8) is 0 Å². The minimum absolute atomic E-state index is 0.154. The predicted octanol–water partition coefficient (Wildman–Crippen LogP) is 2.64. The highest BCUT2D eigenvalue weighted by molar-refractivity contribution is 7.92. The van der Waals surface area contributed by atoms with E-state index in [4.69, 9.17) is 9.47 Å². The second-order valence-electron chi connectivity index (χ2n) is 6.12. The van der Waals surface area contributed by atoms with E-state index in [2.05, 4.69) is 5.32 Å². The molecule has 0 unspecified atom stereocenters. The fraction of sp³-hybridized carbons (Fsp3) is 0.316. The zero-order valence-electron chi connectivity index (χ0n) is 15.2. The van der Waals surface area contributed by atoms with Crippen molar-refractivity contribution in [2.24, 2.45) is 0 Å². The van der Waals surface area contributed by atoms with Crippen LogP contribution in [-0.2, 0) is 14.8 Å². The third kappa shape index (κ3) is 4.33. The Morgan fingerprint density at radius 3 is 2.67 bits per heavy atom. The van der Waals surface area contributed by atoms with Crippen LogP contribution in [0, 0.1) is 0 Å². The summed E-state index contributed by atoms with van der Waals surface area (Å²) in [5, 5.41) is 2.82. The Morgan fingerprint density at radius 2 is 1.93 bits per heavy atom. The molecule has 0 radical (unpaired) electrons. The molecule has 2 aromatic carbocycles. The molecule has 1 amide bonds. The molecule has 7 nitrogen and oxygen atoms in total. The van der Waals surface area contributed by atoms with Gasteiger partial charge in [0.2, 0.25) is 10.0 Å². The number of sulfonamides is 1. The molecule has 1 aliphatic rings. The minimum atomic E-state index is -3.48. The summed E-state index contributed by atoms with van der Waals surface area (Å²) in [4.78, 5) is 12.8. The molecule has 0 saturated carbocycles. The lowest BCUT2D eigenvalue weighted by Gasteiger charge is -2.20. The largest absolute Gasteiger partial charge is 0.492 e. The first-order valence-electron chi connectivity index (χ1n) is 8.66. The first kappa shape index (κ1) is 19.0. The molecular formula is C19H22N2O5S. The molecule has 0 bridgehead atoms. The van der Waals surface area contributed by atoms with E-state index < -0.39 is 16.1 Å². The molecule has 3 rings (SSSR count). The molecule has 1 N–H and O–H groups in total. The summed E-state index contributed by atoms with van der Waals surface area (Å²) >= 11 is 0. The second-order valence-corrected chi connectivity index (χ2v) is 8.02. The van der Waals surface area contributed by atoms with Crippen LogP contribution in [0.4, 0.5) is 11.4 Å². The summed E-state index contributed by atoms with van der Waals surface area (Å²) in [6.45, 7) is 2.49. The smallest absolute Gasteiger partial charge is 0.265 e. The van der Waals surface area contributed by atoms with Gasteiger partial charge < -0.3 is 14.8 Å². The van der Waals surface area contributed by atoms with Crippen LogP contribution in [0.1, 0.15) is 13.3 Å². The first-order chi connectivity index (χ1) is 12.9. The predicted molar refractivity (Wildman–Crippen MR) is 104 cm³/mol. The SMILES string of the molecule is CCOc1ccccc1NC(=O)[C@H]1CCN(S(C)(=O)=O)c2ccccc2O1. The molecular weight excluding hydrogens is 368 g/mol. The highest BCUT2D eigenvalue weighted by Gasteiger charge is 2.31. The lowest BCUT2D eigenvalue weighted by Crippen LogP contribution is -2.36. The summed E-state index contributed by atoms with van der Waals surface area (Å²) in [5.74, 6) is 0.575. The third-order valence-electron chi connectivity index (χ3n) is 4.14. The number of amides is 1. The van der Waals surface area contributed by atoms with Crippen LogP contribution in [0.15, 0.2) is 48.5 Å². The van der Waals surface area contributed by atoms with Gasteiger partial charge in [0.25, 0.3) is 5.91 Å². The molecule has 2 aromatic rings. The zero-order chi connectivity index (χ0) is 19.4. The van der Waals surface area contributed by atoms with Crippen LogP contribution < -0.4 is 19.1 Å². The lowest BCUT2D eigenvalue weighted by atomic mass is 10.2. The average molecular weight is 390 g/mol. The number of carbonyl (C=O) groups is 1. The monoisotopic (exact) mass is 390 g/mol. The number of anilines is 2. The Balaban J connectivity index is 1.84. The van der Waals surface area contributed by atoms with Crippen LogP contribution in [0.25, 0.3) is 0 Å². The van der Waals surface area contributed by atoms with Gasteiger partial charge in [-0.2, -0.15) is 0 Å². The summed E-state index contributed by atoms with van der Waals surface area (Å²) in [7, 11) is -3.48. The standard InChI is InChI=1S/C19H22N2O5S/c1-3-25-16-10-6-4-8-14(16)20-19(22)18-12-13-21(27(2,23)24)15-9-5-7-11-17(15)26-18/h4-11,18H,3,12-13H2,1-2H3,(H,20,22)/t18-/m1/s1. The molecule has 0 saturated heterocycles. The molecule has 144 valence electrons. The molecule has 0 aliphatic carbocycles. The van der Waals surface area contributed by atoms with E-state index in [1.54, 1.807) is 42.5 Å². The van der Waals surface area contributed by atoms with Crippen molar-refractivity contribution in [3.05, 3.63) is 48.5 Å². The lowest BCUT2D eigenvalue weighted by molar-refractivity contribution is -0.122. The van der Waals surface area contributed by atoms with E-state index >= 15 is 0 Å². The summed E-state index contributed by atoms with van der Waals surface area (Å²) in [6, 6.07) is 13.9. The van der Waals surface area contributed by atoms with Gasteiger partial charge in [0, 0.05) is 13.0 Å². The molecule has 1 aliphatic heterocycles. The van der Waals surface area contributed by atoms with Crippen molar-refractivity contribution in [3.8, 4) is 11.5 Å². The number of carbonyl (C=O) groups excluding carboxylic acids is 1. The van der Waals surface area contributed by atoms with Gasteiger partial charge in [0.15, 0.2) is 6.10 Å². The Hall–Kier alpha value is -2.74. The highest BCUT2D eigenvalue weighted by Crippen LogP contribution is 2.34. The number of benzene rings is 2. The molecule has 0 spiro atoms. The molecule has 1 atom stereocenters. The summed E-state index contributed by atoms with van der Waals surface area (Å²) in [6.07, 6.45) is 0.542. The fourth-order valence-electron chi connectivity index (χ4n) is 2.92. The van der Waals surface area contributed by atoms with E-state index in [1.165, 1.54) is 4.31 Å².